The van der Waals surface area contributed by atoms with E-state index in [2.05, 4.69) is 5.32 Å². The maximum Gasteiger partial charge on any atom is 0.323 e. The molecule has 0 aromatic carbocycles. The highest BCUT2D eigenvalue weighted by Gasteiger charge is 2.29. The fraction of sp³-hybridized carbons (Fsp3) is 0.875. The van der Waals surface area contributed by atoms with Crippen molar-refractivity contribution in [3.63, 3.8) is 0 Å². The lowest BCUT2D eigenvalue weighted by Gasteiger charge is -2.24. The van der Waals surface area contributed by atoms with Gasteiger partial charge in [0.05, 0.1) is 0 Å². The van der Waals surface area contributed by atoms with E-state index in [9.17, 15) is 4.79 Å². The van der Waals surface area contributed by atoms with Gasteiger partial charge in [0.2, 0.25) is 0 Å². The van der Waals surface area contributed by atoms with Crippen molar-refractivity contribution in [3.05, 3.63) is 0 Å². The summed E-state index contributed by atoms with van der Waals surface area (Å²) in [6.07, 6.45) is 1.38. The average Bonchev–Trinajstić information content (AvgIpc) is 2.04. The summed E-state index contributed by atoms with van der Waals surface area (Å²) < 4.78 is 0. The molecule has 0 rings (SSSR count). The number of aliphatic carboxylic acids is 1. The molecule has 1 unspecified atom stereocenters. The van der Waals surface area contributed by atoms with Gasteiger partial charge in [-0.1, -0.05) is 6.92 Å². The molecule has 0 aromatic heterocycles. The molecule has 0 saturated carbocycles. The highest BCUT2D eigenvalue weighted by atomic mass is 16.4. The smallest absolute Gasteiger partial charge is 0.323 e. The molecule has 0 aliphatic carbocycles. The summed E-state index contributed by atoms with van der Waals surface area (Å²) in [6.45, 7) is 4.79. The Hall–Kier alpha value is -0.610. The van der Waals surface area contributed by atoms with Gasteiger partial charge >= 0.3 is 5.97 Å². The summed E-state index contributed by atoms with van der Waals surface area (Å²) >= 11 is 0. The minimum Gasteiger partial charge on any atom is -0.480 e. The van der Waals surface area contributed by atoms with Crippen LogP contribution in [0.3, 0.4) is 0 Å². The number of nitrogens with one attached hydrogen (secondary N) is 1. The Balaban J connectivity index is 3.88. The highest BCUT2D eigenvalue weighted by molar-refractivity contribution is 5.78. The number of hydrogen-bond acceptors (Lipinski definition) is 3. The molecule has 1 atom stereocenters. The Kier molecular flexibility index (Phi) is 4.85. The van der Waals surface area contributed by atoms with E-state index in [0.717, 1.165) is 6.42 Å². The molecule has 4 heteroatoms. The van der Waals surface area contributed by atoms with Crippen molar-refractivity contribution >= 4 is 5.97 Å². The highest BCUT2D eigenvalue weighted by Crippen LogP contribution is 2.08. The lowest BCUT2D eigenvalue weighted by Crippen LogP contribution is -2.49. The molecule has 0 radical (unpaired) electrons. The Bertz CT molecular complexity index is 150. The zero-order valence-corrected chi connectivity index (χ0v) is 7.76. The Labute approximate surface area is 73.1 Å². The molecular formula is C8H18N2O2. The topological polar surface area (TPSA) is 75.3 Å². The summed E-state index contributed by atoms with van der Waals surface area (Å²) in [7, 11) is 0. The third kappa shape index (κ3) is 3.19. The van der Waals surface area contributed by atoms with Crippen LogP contribution in [0.1, 0.15) is 26.7 Å². The number of nitrogens with two attached hydrogens (primary N) is 1. The molecule has 4 N–H and O–H groups in total. The fourth-order valence-corrected chi connectivity index (χ4v) is 0.818. The first-order valence-electron chi connectivity index (χ1n) is 4.25. The van der Waals surface area contributed by atoms with Crippen molar-refractivity contribution in [1.82, 2.24) is 5.32 Å². The zero-order chi connectivity index (χ0) is 9.61. The number of carboxylic acids is 1. The number of hydrogen-bond donors (Lipinski definition) is 3. The molecule has 0 fully saturated rings. The molecule has 0 bridgehead atoms. The van der Waals surface area contributed by atoms with Crippen LogP contribution in [0, 0.1) is 0 Å². The minimum absolute atomic E-state index is 0.576. The van der Waals surface area contributed by atoms with Crippen LogP contribution in [0.5, 0.6) is 0 Å². The second-order valence-corrected chi connectivity index (χ2v) is 3.06. The van der Waals surface area contributed by atoms with Crippen molar-refractivity contribution in [3.8, 4) is 0 Å². The van der Waals surface area contributed by atoms with E-state index in [1.165, 1.54) is 0 Å². The average molecular weight is 174 g/mol. The van der Waals surface area contributed by atoms with Gasteiger partial charge in [-0.2, -0.15) is 0 Å². The van der Waals surface area contributed by atoms with E-state index >= 15 is 0 Å². The Morgan fingerprint density at radius 1 is 1.67 bits per heavy atom. The number of carboxylic acid groups (broad SMARTS) is 1. The summed E-state index contributed by atoms with van der Waals surface area (Å²) in [4.78, 5) is 10.8. The zero-order valence-electron chi connectivity index (χ0n) is 7.76. The van der Waals surface area contributed by atoms with Crippen molar-refractivity contribution < 1.29 is 9.90 Å². The van der Waals surface area contributed by atoms with Crippen LogP contribution in [-0.2, 0) is 4.79 Å². The molecule has 4 nitrogen and oxygen atoms in total. The number of carbonyl (C=O) groups is 1. The van der Waals surface area contributed by atoms with Crippen LogP contribution in [-0.4, -0.2) is 29.7 Å². The molecule has 0 amide bonds. The van der Waals surface area contributed by atoms with Crippen LogP contribution in [0.2, 0.25) is 0 Å². The standard InChI is InChI=1S/C8H18N2O2/c1-3-8(2,7(11)12)10-6-4-5-9/h10H,3-6,9H2,1-2H3,(H,11,12). The third-order valence-corrected chi connectivity index (χ3v) is 2.08. The van der Waals surface area contributed by atoms with Gasteiger partial charge in [-0.25, -0.2) is 0 Å². The van der Waals surface area contributed by atoms with E-state index < -0.39 is 11.5 Å². The molecule has 72 valence electrons. The van der Waals surface area contributed by atoms with E-state index in [1.54, 1.807) is 6.92 Å². The van der Waals surface area contributed by atoms with Gasteiger partial charge in [0, 0.05) is 0 Å². The van der Waals surface area contributed by atoms with Crippen LogP contribution in [0.15, 0.2) is 0 Å². The maximum atomic E-state index is 10.8. The normalized spacial score (nSPS) is 15.6. The second-order valence-electron chi connectivity index (χ2n) is 3.06. The van der Waals surface area contributed by atoms with Gasteiger partial charge in [-0.3, -0.25) is 4.79 Å². The third-order valence-electron chi connectivity index (χ3n) is 2.08. The molecule has 0 heterocycles. The van der Waals surface area contributed by atoms with E-state index in [1.807, 2.05) is 6.92 Å². The van der Waals surface area contributed by atoms with Crippen molar-refractivity contribution in [1.29, 1.82) is 0 Å². The SMILES string of the molecule is CCC(C)(NCCCN)C(=O)O. The van der Waals surface area contributed by atoms with Gasteiger partial charge in [0.1, 0.15) is 5.54 Å². The van der Waals surface area contributed by atoms with Crippen LogP contribution < -0.4 is 11.1 Å². The second kappa shape index (κ2) is 5.11. The van der Waals surface area contributed by atoms with Gasteiger partial charge in [0.15, 0.2) is 0 Å². The molecule has 0 saturated heterocycles. The lowest BCUT2D eigenvalue weighted by molar-refractivity contribution is -0.144. The first kappa shape index (κ1) is 11.4. The molecule has 0 aromatic rings. The van der Waals surface area contributed by atoms with Crippen LogP contribution >= 0.6 is 0 Å². The predicted octanol–water partition coefficient (Wildman–Crippen LogP) is 0.178. The Morgan fingerprint density at radius 2 is 2.25 bits per heavy atom. The summed E-state index contributed by atoms with van der Waals surface area (Å²) in [5, 5.41) is 11.8. The monoisotopic (exact) mass is 174 g/mol. The van der Waals surface area contributed by atoms with Gasteiger partial charge < -0.3 is 16.2 Å². The summed E-state index contributed by atoms with van der Waals surface area (Å²) in [6, 6.07) is 0. The van der Waals surface area contributed by atoms with Crippen LogP contribution in [0.25, 0.3) is 0 Å². The molecule has 0 aliphatic heterocycles. The van der Waals surface area contributed by atoms with Crippen molar-refractivity contribution in [2.45, 2.75) is 32.2 Å². The largest absolute Gasteiger partial charge is 0.480 e. The Morgan fingerprint density at radius 3 is 2.58 bits per heavy atom. The maximum absolute atomic E-state index is 10.8. The van der Waals surface area contributed by atoms with Crippen molar-refractivity contribution in [2.24, 2.45) is 5.73 Å². The molecule has 12 heavy (non-hydrogen) atoms. The molecular weight excluding hydrogens is 156 g/mol. The summed E-state index contributed by atoms with van der Waals surface area (Å²) in [5.74, 6) is -0.804. The first-order valence-corrected chi connectivity index (χ1v) is 4.25. The van der Waals surface area contributed by atoms with E-state index in [-0.39, 0.29) is 0 Å². The predicted molar refractivity (Wildman–Crippen MR) is 48.0 cm³/mol. The minimum atomic E-state index is -0.804. The quantitative estimate of drug-likeness (QED) is 0.502. The van der Waals surface area contributed by atoms with Gasteiger partial charge in [-0.15, -0.1) is 0 Å². The first-order chi connectivity index (χ1) is 5.56. The molecule has 0 spiro atoms. The van der Waals surface area contributed by atoms with Crippen LogP contribution in [0.4, 0.5) is 0 Å². The van der Waals surface area contributed by atoms with E-state index in [4.69, 9.17) is 10.8 Å². The van der Waals surface area contributed by atoms with E-state index in [0.29, 0.717) is 19.5 Å². The van der Waals surface area contributed by atoms with Crippen molar-refractivity contribution in [2.75, 3.05) is 13.1 Å². The van der Waals surface area contributed by atoms with Gasteiger partial charge in [0.25, 0.3) is 0 Å². The number of rotatable bonds is 6. The summed E-state index contributed by atoms with van der Waals surface area (Å²) in [5.41, 5.74) is 4.49. The molecule has 0 aliphatic rings. The fourth-order valence-electron chi connectivity index (χ4n) is 0.818. The van der Waals surface area contributed by atoms with Gasteiger partial charge in [-0.05, 0) is 32.9 Å². The lowest BCUT2D eigenvalue weighted by atomic mass is 9.99.